The van der Waals surface area contributed by atoms with Crippen LogP contribution in [0.3, 0.4) is 0 Å². The molecule has 0 radical (unpaired) electrons. The van der Waals surface area contributed by atoms with Crippen molar-refractivity contribution in [2.75, 3.05) is 92.0 Å². The maximum atomic E-state index is 12.6. The van der Waals surface area contributed by atoms with E-state index in [4.69, 9.17) is 37.9 Å². The summed E-state index contributed by atoms with van der Waals surface area (Å²) in [7, 11) is 0. The average Bonchev–Trinajstić information content (AvgIpc) is 1.56. The fraction of sp³-hybridized carbons (Fsp3) is 0.950. The molecule has 3 aliphatic heterocycles. The van der Waals surface area contributed by atoms with Gasteiger partial charge in [-0.2, -0.15) is 0 Å². The van der Waals surface area contributed by atoms with Crippen LogP contribution in [-0.4, -0.2) is 202 Å². The topological polar surface area (TPSA) is 291 Å². The van der Waals surface area contributed by atoms with Gasteiger partial charge < -0.3 is 89.5 Å². The van der Waals surface area contributed by atoms with Crippen LogP contribution in [0.5, 0.6) is 0 Å². The number of carbonyl (C=O) groups excluding carboxylic acids is 4. The second kappa shape index (κ2) is 45.8. The first-order chi connectivity index (χ1) is 66.4. The molecule has 0 aromatic heterocycles. The first-order valence-electron chi connectivity index (χ1n) is 58.5. The predicted octanol–water partition coefficient (Wildman–Crippen LogP) is 21.2. The number of aldehydes is 1. The van der Waals surface area contributed by atoms with Gasteiger partial charge >= 0.3 is 11.9 Å². The highest BCUT2D eigenvalue weighted by Gasteiger charge is 2.72. The molecule has 10 unspecified atom stereocenters. The number of ether oxygens (including phenoxy) is 8. The van der Waals surface area contributed by atoms with E-state index in [-0.39, 0.29) is 132 Å². The summed E-state index contributed by atoms with van der Waals surface area (Å²) in [5, 5.41) is 68.1. The molecule has 18 aliphatic rings. The minimum Gasteiger partial charge on any atom is -0.462 e. The summed E-state index contributed by atoms with van der Waals surface area (Å²) in [4.78, 5) is 48.9. The monoisotopic (exact) mass is 1980 g/mol. The summed E-state index contributed by atoms with van der Waals surface area (Å²) < 4.78 is 49.5. The zero-order valence-electron chi connectivity index (χ0n) is 93.3. The summed E-state index contributed by atoms with van der Waals surface area (Å²) in [6, 6.07) is 0. The minimum atomic E-state index is -0.499. The predicted molar refractivity (Wildman–Crippen MR) is 559 cm³/mol. The number of aliphatic hydroxyl groups excluding tert-OH is 5. The van der Waals surface area contributed by atoms with Crippen molar-refractivity contribution in [2.45, 2.75) is 444 Å². The highest BCUT2D eigenvalue weighted by atomic mass is 16.8. The molecule has 3 spiro atoms. The molecule has 9 N–H and O–H groups in total. The van der Waals surface area contributed by atoms with Gasteiger partial charge in [-0.25, -0.2) is 0 Å². The Balaban J connectivity index is 0.000000140. The number of hydrogen-bond acceptors (Lipinski definition) is 21. The van der Waals surface area contributed by atoms with Gasteiger partial charge in [0.25, 0.3) is 0 Å². The molecule has 3 saturated heterocycles. The Bertz CT molecular complexity index is 4000. The van der Waals surface area contributed by atoms with Gasteiger partial charge in [-0.05, 0) is 397 Å². The van der Waals surface area contributed by atoms with Crippen molar-refractivity contribution < 1.29 is 82.6 Å². The SMILES string of the molecule is C=C1CCC2[C@H](CNCC(C)C)C([C@@]3(C)CC[C@H](O)C[C@@H]3O)CC[C@]12C.CC(=O)O[C@H]1C[C@@H](C)CC[C@]1(C)C1CC[C@@]2(C)C(CCC23OCCO3)[C@@H]1C=O.CC(=O)O[C@H]1C[C@@H](C)CC[C@]1(C)C1CC[C@@]2(C)C(CCC23OCCO3)[C@@H]1CNCC(C)C.CC(C)CNC[C@H]1C2CCC(=O)[C@@]2(C)CCC1[C@@]1(C)CC[C@H](O)C[C@@H]1O.CC(C)CNC[C@H]1C2CCC3(OCCO3)[C@@]2(C)CCC1[C@@]1(C)CC[C@H](C)C[C@@H]1O. The quantitative estimate of drug-likeness (QED) is 0.0246. The largest absolute Gasteiger partial charge is 0.462 e. The summed E-state index contributed by atoms with van der Waals surface area (Å²) in [6.45, 7) is 68.5. The number of hydrogen-bond donors (Lipinski definition) is 9. The second-order valence-corrected chi connectivity index (χ2v) is 55.3. The molecule has 141 heavy (non-hydrogen) atoms. The van der Waals surface area contributed by atoms with Gasteiger partial charge in [-0.1, -0.05) is 158 Å². The van der Waals surface area contributed by atoms with Crippen molar-refractivity contribution in [2.24, 2.45) is 184 Å². The van der Waals surface area contributed by atoms with Crippen molar-refractivity contribution in [1.82, 2.24) is 21.3 Å². The lowest BCUT2D eigenvalue weighted by Gasteiger charge is -2.57. The van der Waals surface area contributed by atoms with Gasteiger partial charge in [0.1, 0.15) is 24.3 Å². The van der Waals surface area contributed by atoms with Gasteiger partial charge in [0.15, 0.2) is 17.4 Å². The van der Waals surface area contributed by atoms with Crippen molar-refractivity contribution >= 4 is 24.0 Å². The van der Waals surface area contributed by atoms with Gasteiger partial charge in [0.05, 0.1) is 70.2 Å². The number of carbonyl (C=O) groups is 4. The normalized spacial score (nSPS) is 46.2. The third kappa shape index (κ3) is 22.4. The molecule has 3 heterocycles. The van der Waals surface area contributed by atoms with Crippen LogP contribution in [0.1, 0.15) is 384 Å². The van der Waals surface area contributed by atoms with Crippen LogP contribution in [0.25, 0.3) is 0 Å². The van der Waals surface area contributed by atoms with E-state index < -0.39 is 11.9 Å². The number of ketones is 1. The van der Waals surface area contributed by atoms with E-state index in [9.17, 15) is 44.7 Å². The highest BCUT2D eigenvalue weighted by Crippen LogP contribution is 2.72. The standard InChI is InChI=1S/C27H47NO4.C25H45NO3.C23H41NO2.C23H36O5.C22H39NO3/c1-18(2)16-28-17-21-22(25(5)10-7-19(3)15-24(25)32-20(4)29)8-11-26(6)23(21)9-12-27(26)30-13-14-31-27;1-17(2)15-26-16-19-20(23(4)9-6-18(3)14-22(23)27)7-10-24(5)21(19)8-11-25(24)28-12-13-29-25;1-15(2)13-24-14-18-19-7-6-16(3)22(19,4)11-9-20(18)23(5)10-8-17(25)12-21(23)26;1-15-5-8-21(3,20(13-15)28-16(2)25)18-6-9-22(4)19(17(18)14-24)7-10-23(22)26-11-12-27-23;1-14(2)12-23-13-16-17-5-6-19(25)21(17,3)10-8-18(16)22(4)9-7-15(24)11-20(22)26/h18-19,21-24,28H,7-17H2,1-6H3;17-22,26-27H,6-16H2,1-5H3;15,17-21,24-26H,3,6-14H2,1-2,4-5H3;14-15,17-20H,5-13H2,1-4H3;14-18,20,23-24,26H,5-13H2,1-4H3/t19-,21+,22?,23?,24-,25+,26-;18-,19+,20?,21?,22-,23+,24-;17-,18-,19?,20?,21-,22+,23+;15-,17+,18?,19?,20-,21+,22-;15-,16-,17?,18?,20-,21-,22+/m00000/s1. The number of nitrogens with one attached hydrogen (secondary N) is 4. The number of esters is 2. The summed E-state index contributed by atoms with van der Waals surface area (Å²) in [6.07, 6.45) is 35.3. The molecule has 0 aromatic rings. The van der Waals surface area contributed by atoms with E-state index in [1.165, 1.54) is 89.4 Å². The molecule has 0 amide bonds. The molecule has 21 heteroatoms. The van der Waals surface area contributed by atoms with Crippen LogP contribution in [0.15, 0.2) is 12.2 Å². The van der Waals surface area contributed by atoms with E-state index in [2.05, 4.69) is 173 Å². The molecule has 0 bridgehead atoms. The Labute approximate surface area is 855 Å². The number of aliphatic hydroxyl groups is 5. The molecular formula is C120H208N4O17. The summed E-state index contributed by atoms with van der Waals surface area (Å²) in [5.41, 5.74) is 1.39. The lowest BCUT2D eigenvalue weighted by Crippen LogP contribution is -2.58. The first-order valence-corrected chi connectivity index (χ1v) is 58.5. The summed E-state index contributed by atoms with van der Waals surface area (Å²) >= 11 is 0. The molecule has 18 fully saturated rings. The second-order valence-electron chi connectivity index (χ2n) is 55.3. The average molecular weight is 1980 g/mol. The van der Waals surface area contributed by atoms with Gasteiger partial charge in [-0.3, -0.25) is 14.4 Å². The maximum absolute atomic E-state index is 12.6. The fourth-order valence-electron chi connectivity index (χ4n) is 36.1. The number of Topliss-reactive ketones (excluding diaryl/α,β-unsaturated/α-hetero) is 1. The first kappa shape index (κ1) is 114. The van der Waals surface area contributed by atoms with Crippen LogP contribution in [0, 0.1) is 184 Å². The van der Waals surface area contributed by atoms with Crippen molar-refractivity contribution in [1.29, 1.82) is 0 Å². The highest BCUT2D eigenvalue weighted by molar-refractivity contribution is 5.87. The van der Waals surface area contributed by atoms with Gasteiger partial charge in [-0.15, -0.1) is 0 Å². The van der Waals surface area contributed by atoms with Gasteiger partial charge in [0, 0.05) is 77.9 Å². The Kier molecular flexibility index (Phi) is 37.0. The Hall–Kier alpha value is -2.58. The molecule has 15 aliphatic carbocycles. The van der Waals surface area contributed by atoms with Crippen LogP contribution >= 0.6 is 0 Å². The van der Waals surface area contributed by atoms with Crippen LogP contribution in [0.4, 0.5) is 0 Å². The lowest BCUT2D eigenvalue weighted by molar-refractivity contribution is -0.245. The Morgan fingerprint density at radius 1 is 0.355 bits per heavy atom. The fourth-order valence-corrected chi connectivity index (χ4v) is 36.1. The van der Waals surface area contributed by atoms with Crippen molar-refractivity contribution in [3.63, 3.8) is 0 Å². The molecular weight excluding hydrogens is 1770 g/mol. The molecule has 18 rings (SSSR count). The molecule has 15 saturated carbocycles. The van der Waals surface area contributed by atoms with Crippen molar-refractivity contribution in [3.05, 3.63) is 12.2 Å². The van der Waals surface area contributed by atoms with E-state index in [0.29, 0.717) is 144 Å². The maximum Gasteiger partial charge on any atom is 0.302 e. The third-order valence-corrected chi connectivity index (χ3v) is 45.0. The third-order valence-electron chi connectivity index (χ3n) is 45.0. The summed E-state index contributed by atoms with van der Waals surface area (Å²) in [5.74, 6) is 10.4. The van der Waals surface area contributed by atoms with Crippen molar-refractivity contribution in [3.8, 4) is 0 Å². The number of allylic oxidation sites excluding steroid dienone is 1. The lowest BCUT2D eigenvalue weighted by atomic mass is 9.50. The van der Waals surface area contributed by atoms with Crippen LogP contribution in [-0.2, 0) is 57.1 Å². The Morgan fingerprint density at radius 3 is 1.01 bits per heavy atom. The molecule has 810 valence electrons. The van der Waals surface area contributed by atoms with E-state index in [1.807, 2.05) is 0 Å². The van der Waals surface area contributed by atoms with E-state index in [1.54, 1.807) is 6.92 Å². The number of rotatable bonds is 24. The minimum absolute atomic E-state index is 0.0256. The van der Waals surface area contributed by atoms with Crippen LogP contribution in [0.2, 0.25) is 0 Å². The molecule has 0 aromatic carbocycles. The van der Waals surface area contributed by atoms with Crippen LogP contribution < -0.4 is 21.3 Å². The molecule has 35 atom stereocenters. The van der Waals surface area contributed by atoms with E-state index in [0.717, 1.165) is 220 Å². The zero-order chi connectivity index (χ0) is 102. The Morgan fingerprint density at radius 2 is 0.645 bits per heavy atom. The van der Waals surface area contributed by atoms with Gasteiger partial charge in [0.2, 0.25) is 0 Å². The number of fused-ring (bicyclic) bond motifs is 8. The zero-order valence-corrected chi connectivity index (χ0v) is 93.3. The smallest absolute Gasteiger partial charge is 0.302 e. The van der Waals surface area contributed by atoms with E-state index >= 15 is 0 Å². The molecule has 21 nitrogen and oxygen atoms in total.